The lowest BCUT2D eigenvalue weighted by Crippen LogP contribution is -2.42. The van der Waals surface area contributed by atoms with Crippen LogP contribution in [0.3, 0.4) is 0 Å². The smallest absolute Gasteiger partial charge is 0.332 e. The van der Waals surface area contributed by atoms with Crippen LogP contribution in [0.4, 0.5) is 0 Å². The van der Waals surface area contributed by atoms with Gasteiger partial charge in [0.2, 0.25) is 5.91 Å². The van der Waals surface area contributed by atoms with Crippen molar-refractivity contribution in [3.8, 4) is 0 Å². The van der Waals surface area contributed by atoms with Gasteiger partial charge in [0.15, 0.2) is 0 Å². The van der Waals surface area contributed by atoms with Crippen molar-refractivity contribution in [2.75, 3.05) is 14.1 Å². The Labute approximate surface area is 144 Å². The first-order chi connectivity index (χ1) is 12.0. The van der Waals surface area contributed by atoms with Gasteiger partial charge in [0.25, 0.3) is 5.56 Å². The molecule has 25 heavy (non-hydrogen) atoms. The largest absolute Gasteiger partial charge is 0.347 e. The topological polar surface area (TPSA) is 64.3 Å². The van der Waals surface area contributed by atoms with Crippen molar-refractivity contribution in [2.24, 2.45) is 0 Å². The molecular weight excluding hydrogens is 318 g/mol. The number of likely N-dealkylation sites (N-methyl/N-ethyl adjacent to an activating group) is 1. The van der Waals surface area contributed by atoms with E-state index in [1.165, 1.54) is 14.0 Å². The van der Waals surface area contributed by atoms with Crippen LogP contribution < -0.4 is 11.2 Å². The molecule has 0 fully saturated rings. The predicted octanol–water partition coefficient (Wildman–Crippen LogP) is 1.30. The van der Waals surface area contributed by atoms with E-state index in [0.29, 0.717) is 10.9 Å². The SMILES string of the molecule is CN(C)C(=O)Cn1c(=O)n(Cc2ccccc2)c(=O)c2ccccc21. The van der Waals surface area contributed by atoms with E-state index in [0.717, 1.165) is 5.56 Å². The van der Waals surface area contributed by atoms with Crippen molar-refractivity contribution >= 4 is 16.8 Å². The highest BCUT2D eigenvalue weighted by atomic mass is 16.2. The molecule has 0 spiro atoms. The van der Waals surface area contributed by atoms with Gasteiger partial charge in [0, 0.05) is 14.1 Å². The summed E-state index contributed by atoms with van der Waals surface area (Å²) < 4.78 is 2.54. The van der Waals surface area contributed by atoms with E-state index in [-0.39, 0.29) is 24.6 Å². The molecule has 0 atom stereocenters. The van der Waals surface area contributed by atoms with E-state index in [9.17, 15) is 14.4 Å². The van der Waals surface area contributed by atoms with Crippen LogP contribution in [0.5, 0.6) is 0 Å². The summed E-state index contributed by atoms with van der Waals surface area (Å²) in [5.41, 5.74) is 0.486. The maximum atomic E-state index is 12.9. The van der Waals surface area contributed by atoms with Gasteiger partial charge >= 0.3 is 5.69 Å². The Morgan fingerprint density at radius 3 is 2.24 bits per heavy atom. The molecule has 128 valence electrons. The van der Waals surface area contributed by atoms with E-state index in [1.807, 2.05) is 30.3 Å². The molecule has 3 aromatic rings. The number of hydrogen-bond acceptors (Lipinski definition) is 3. The Kier molecular flexibility index (Phi) is 4.52. The molecule has 0 aliphatic rings. The number of carbonyl (C=O) groups excluding carboxylic acids is 1. The third kappa shape index (κ3) is 3.24. The Morgan fingerprint density at radius 2 is 1.56 bits per heavy atom. The third-order valence-corrected chi connectivity index (χ3v) is 4.11. The summed E-state index contributed by atoms with van der Waals surface area (Å²) >= 11 is 0. The lowest BCUT2D eigenvalue weighted by Gasteiger charge is -2.16. The maximum absolute atomic E-state index is 12.9. The number of rotatable bonds is 4. The minimum atomic E-state index is -0.484. The van der Waals surface area contributed by atoms with Gasteiger partial charge in [-0.15, -0.1) is 0 Å². The van der Waals surface area contributed by atoms with Crippen molar-refractivity contribution in [2.45, 2.75) is 13.1 Å². The van der Waals surface area contributed by atoms with E-state index < -0.39 is 5.69 Å². The highest BCUT2D eigenvalue weighted by molar-refractivity contribution is 5.81. The lowest BCUT2D eigenvalue weighted by atomic mass is 10.2. The van der Waals surface area contributed by atoms with Crippen LogP contribution in [0.1, 0.15) is 5.56 Å². The highest BCUT2D eigenvalue weighted by Gasteiger charge is 2.16. The van der Waals surface area contributed by atoms with Gasteiger partial charge in [0.05, 0.1) is 17.4 Å². The number of aromatic nitrogens is 2. The molecule has 3 rings (SSSR count). The number of carbonyl (C=O) groups is 1. The summed E-state index contributed by atoms with van der Waals surface area (Å²) in [5.74, 6) is -0.211. The van der Waals surface area contributed by atoms with Gasteiger partial charge < -0.3 is 4.90 Å². The first kappa shape index (κ1) is 16.7. The molecule has 0 N–H and O–H groups in total. The zero-order chi connectivity index (χ0) is 18.0. The number of nitrogens with zero attached hydrogens (tertiary/aromatic N) is 3. The number of fused-ring (bicyclic) bond motifs is 1. The summed E-state index contributed by atoms with van der Waals surface area (Å²) in [6, 6.07) is 16.2. The van der Waals surface area contributed by atoms with Crippen molar-refractivity contribution in [1.82, 2.24) is 14.0 Å². The van der Waals surface area contributed by atoms with Crippen LogP contribution in [0.2, 0.25) is 0 Å². The fourth-order valence-electron chi connectivity index (χ4n) is 2.71. The van der Waals surface area contributed by atoms with Crippen molar-refractivity contribution < 1.29 is 4.79 Å². The van der Waals surface area contributed by atoms with E-state index in [2.05, 4.69) is 0 Å². The van der Waals surface area contributed by atoms with Crippen LogP contribution in [-0.4, -0.2) is 34.0 Å². The minimum absolute atomic E-state index is 0.110. The lowest BCUT2D eigenvalue weighted by molar-refractivity contribution is -0.129. The molecule has 1 aromatic heterocycles. The standard InChI is InChI=1S/C19H19N3O3/c1-20(2)17(23)13-21-16-11-7-6-10-15(16)18(24)22(19(21)25)12-14-8-4-3-5-9-14/h3-11H,12-13H2,1-2H3. The highest BCUT2D eigenvalue weighted by Crippen LogP contribution is 2.08. The van der Waals surface area contributed by atoms with Crippen molar-refractivity contribution in [3.63, 3.8) is 0 Å². The van der Waals surface area contributed by atoms with Gasteiger partial charge in [-0.1, -0.05) is 42.5 Å². The summed E-state index contributed by atoms with van der Waals surface area (Å²) in [6.45, 7) is 0.0565. The van der Waals surface area contributed by atoms with Gasteiger partial charge in [0.1, 0.15) is 6.54 Å². The Morgan fingerprint density at radius 1 is 0.920 bits per heavy atom. The fourth-order valence-corrected chi connectivity index (χ4v) is 2.71. The summed E-state index contributed by atoms with van der Waals surface area (Å²) in [4.78, 5) is 39.3. The van der Waals surface area contributed by atoms with Crippen molar-refractivity contribution in [3.05, 3.63) is 81.0 Å². The van der Waals surface area contributed by atoms with Crippen LogP contribution in [0, 0.1) is 0 Å². The van der Waals surface area contributed by atoms with Crippen LogP contribution in [-0.2, 0) is 17.9 Å². The average Bonchev–Trinajstić information content (AvgIpc) is 2.63. The molecule has 0 radical (unpaired) electrons. The average molecular weight is 337 g/mol. The number of hydrogen-bond donors (Lipinski definition) is 0. The summed E-state index contributed by atoms with van der Waals surface area (Å²) in [7, 11) is 3.27. The summed E-state index contributed by atoms with van der Waals surface area (Å²) in [5, 5.41) is 0.421. The maximum Gasteiger partial charge on any atom is 0.332 e. The molecule has 6 nitrogen and oxygen atoms in total. The van der Waals surface area contributed by atoms with E-state index >= 15 is 0 Å². The first-order valence-corrected chi connectivity index (χ1v) is 7.95. The third-order valence-electron chi connectivity index (χ3n) is 4.11. The molecule has 6 heteroatoms. The zero-order valence-electron chi connectivity index (χ0n) is 14.2. The molecule has 0 saturated heterocycles. The van der Waals surface area contributed by atoms with Crippen LogP contribution in [0.25, 0.3) is 10.9 Å². The first-order valence-electron chi connectivity index (χ1n) is 7.95. The Balaban J connectivity index is 2.22. The Hall–Kier alpha value is -3.15. The number of para-hydroxylation sites is 1. The van der Waals surface area contributed by atoms with Crippen LogP contribution in [0.15, 0.2) is 64.2 Å². The quantitative estimate of drug-likeness (QED) is 0.721. The minimum Gasteiger partial charge on any atom is -0.347 e. The monoisotopic (exact) mass is 337 g/mol. The van der Waals surface area contributed by atoms with Gasteiger partial charge in [-0.05, 0) is 17.7 Å². The van der Waals surface area contributed by atoms with Gasteiger partial charge in [-0.25, -0.2) is 4.79 Å². The van der Waals surface area contributed by atoms with Crippen molar-refractivity contribution in [1.29, 1.82) is 0 Å². The molecule has 2 aromatic carbocycles. The molecule has 0 unspecified atom stereocenters. The predicted molar refractivity (Wildman–Crippen MR) is 96.7 cm³/mol. The van der Waals surface area contributed by atoms with E-state index in [4.69, 9.17) is 0 Å². The zero-order valence-corrected chi connectivity index (χ0v) is 14.2. The number of benzene rings is 2. The second kappa shape index (κ2) is 6.76. The number of amides is 1. The second-order valence-corrected chi connectivity index (χ2v) is 6.05. The van der Waals surface area contributed by atoms with E-state index in [1.54, 1.807) is 38.4 Å². The molecular formula is C19H19N3O3. The normalized spacial score (nSPS) is 10.8. The fraction of sp³-hybridized carbons (Fsp3) is 0.211. The molecule has 0 saturated carbocycles. The van der Waals surface area contributed by atoms with Gasteiger partial charge in [-0.3, -0.25) is 18.7 Å². The van der Waals surface area contributed by atoms with Gasteiger partial charge in [-0.2, -0.15) is 0 Å². The molecule has 1 amide bonds. The van der Waals surface area contributed by atoms with Crippen LogP contribution >= 0.6 is 0 Å². The molecule has 0 aliphatic carbocycles. The second-order valence-electron chi connectivity index (χ2n) is 6.05. The molecule has 0 aliphatic heterocycles. The Bertz CT molecular complexity index is 1030. The molecule has 1 heterocycles. The molecule has 0 bridgehead atoms. The summed E-state index contributed by atoms with van der Waals surface area (Å²) in [6.07, 6.45) is 0.